The number of likely N-dealkylation sites (tertiary alicyclic amines) is 1. The molecule has 2 fully saturated rings. The first kappa shape index (κ1) is 28.6. The van der Waals surface area contributed by atoms with E-state index in [1.165, 1.54) is 63.0 Å². The zero-order valence-electron chi connectivity index (χ0n) is 22.4. The van der Waals surface area contributed by atoms with Crippen molar-refractivity contribution in [3.05, 3.63) is 59.8 Å². The van der Waals surface area contributed by atoms with Gasteiger partial charge in [0.2, 0.25) is 6.41 Å². The van der Waals surface area contributed by atoms with Gasteiger partial charge in [0.05, 0.1) is 12.5 Å². The number of anilines is 1. The molecule has 0 radical (unpaired) electrons. The van der Waals surface area contributed by atoms with Crippen LogP contribution in [0.1, 0.15) is 63.1 Å². The van der Waals surface area contributed by atoms with E-state index in [0.717, 1.165) is 48.7 Å². The van der Waals surface area contributed by atoms with Crippen LogP contribution in [0.4, 0.5) is 5.82 Å². The number of aryl methyl sites for hydroxylation is 2. The van der Waals surface area contributed by atoms with Gasteiger partial charge < -0.3 is 20.6 Å². The molecule has 4 rings (SSSR count). The topological polar surface area (TPSA) is 94.6 Å². The number of piperidine rings is 1. The molecule has 3 heterocycles. The van der Waals surface area contributed by atoms with Crippen LogP contribution in [0.15, 0.2) is 48.6 Å². The van der Waals surface area contributed by atoms with Gasteiger partial charge in [-0.2, -0.15) is 0 Å². The normalized spacial score (nSPS) is 20.6. The maximum Gasteiger partial charge on any atom is 0.305 e. The van der Waals surface area contributed by atoms with Gasteiger partial charge in [0.1, 0.15) is 5.82 Å². The highest BCUT2D eigenvalue weighted by molar-refractivity contribution is 5.69. The number of carbonyl (C=O) groups excluding carboxylic acids is 1. The molecule has 0 aromatic carbocycles. The van der Waals surface area contributed by atoms with Crippen LogP contribution >= 0.6 is 0 Å². The molecular formula is C30H44N4O3. The number of carbonyl (C=O) groups is 2. The fourth-order valence-corrected chi connectivity index (χ4v) is 5.37. The molecule has 2 unspecified atom stereocenters. The summed E-state index contributed by atoms with van der Waals surface area (Å²) in [6.07, 6.45) is 13.4. The zero-order chi connectivity index (χ0) is 26.6. The number of pyridine rings is 1. The van der Waals surface area contributed by atoms with Crippen LogP contribution in [0, 0.1) is 11.8 Å². The average Bonchev–Trinajstić information content (AvgIpc) is 3.72. The Morgan fingerprint density at radius 3 is 2.73 bits per heavy atom. The smallest absolute Gasteiger partial charge is 0.305 e. The Morgan fingerprint density at radius 1 is 1.27 bits per heavy atom. The number of nitrogens with one attached hydrogen (secondary N) is 2. The molecule has 7 nitrogen and oxygen atoms in total. The van der Waals surface area contributed by atoms with Crippen LogP contribution in [0.2, 0.25) is 0 Å². The van der Waals surface area contributed by atoms with Gasteiger partial charge in [-0.15, -0.1) is 0 Å². The van der Waals surface area contributed by atoms with Gasteiger partial charge in [-0.1, -0.05) is 38.3 Å². The summed E-state index contributed by atoms with van der Waals surface area (Å²) in [6, 6.07) is 3.97. The maximum absolute atomic E-state index is 10.8. The number of rotatable bonds is 12. The molecule has 1 aliphatic carbocycles. The quantitative estimate of drug-likeness (QED) is 0.278. The van der Waals surface area contributed by atoms with E-state index < -0.39 is 12.0 Å². The first-order valence-electron chi connectivity index (χ1n) is 13.8. The van der Waals surface area contributed by atoms with Crippen LogP contribution in [-0.2, 0) is 22.4 Å². The van der Waals surface area contributed by atoms with E-state index >= 15 is 0 Å². The number of hydrogen-bond acceptors (Lipinski definition) is 5. The molecule has 37 heavy (non-hydrogen) atoms. The minimum Gasteiger partial charge on any atom is -0.481 e. The maximum atomic E-state index is 10.8. The highest BCUT2D eigenvalue weighted by Gasteiger charge is 2.28. The molecular weight excluding hydrogens is 464 g/mol. The van der Waals surface area contributed by atoms with E-state index in [1.54, 1.807) is 12.2 Å². The average molecular weight is 509 g/mol. The molecule has 1 amide bonds. The van der Waals surface area contributed by atoms with Gasteiger partial charge in [0, 0.05) is 18.8 Å². The lowest BCUT2D eigenvalue weighted by molar-refractivity contribution is -0.137. The number of amides is 1. The number of allylic oxidation sites excluding steroid dienone is 2. The van der Waals surface area contributed by atoms with Gasteiger partial charge in [0.25, 0.3) is 0 Å². The number of carboxylic acid groups (broad SMARTS) is 1. The summed E-state index contributed by atoms with van der Waals surface area (Å²) in [7, 11) is 0. The minimum absolute atomic E-state index is 0.149. The van der Waals surface area contributed by atoms with Crippen molar-refractivity contribution in [2.45, 2.75) is 70.8 Å². The summed E-state index contributed by atoms with van der Waals surface area (Å²) in [5.41, 5.74) is 4.41. The Morgan fingerprint density at radius 2 is 2.08 bits per heavy atom. The summed E-state index contributed by atoms with van der Waals surface area (Å²) in [4.78, 5) is 28.7. The Hall–Kier alpha value is -2.93. The summed E-state index contributed by atoms with van der Waals surface area (Å²) in [5.74, 6) is 1.50. The third-order valence-electron chi connectivity index (χ3n) is 7.41. The molecule has 3 N–H and O–H groups in total. The SMILES string of the molecule is C=C/C(=C(\C=C)C(CC(=O)O)NC=O)C1CC1.CC1CCCN(CCCc2ccc3c(n2)NCCC3)C1. The van der Waals surface area contributed by atoms with Gasteiger partial charge in [0.15, 0.2) is 0 Å². The molecule has 1 aromatic heterocycles. The van der Waals surface area contributed by atoms with E-state index in [9.17, 15) is 9.59 Å². The number of nitrogens with zero attached hydrogens (tertiary/aromatic N) is 2. The predicted octanol–water partition coefficient (Wildman–Crippen LogP) is 4.76. The first-order valence-corrected chi connectivity index (χ1v) is 13.8. The van der Waals surface area contributed by atoms with Crippen molar-refractivity contribution >= 4 is 18.2 Å². The van der Waals surface area contributed by atoms with E-state index in [2.05, 4.69) is 47.7 Å². The van der Waals surface area contributed by atoms with Crippen molar-refractivity contribution in [3.8, 4) is 0 Å². The van der Waals surface area contributed by atoms with Crippen molar-refractivity contribution in [2.24, 2.45) is 11.8 Å². The van der Waals surface area contributed by atoms with Crippen LogP contribution < -0.4 is 10.6 Å². The molecule has 1 aromatic rings. The van der Waals surface area contributed by atoms with Crippen molar-refractivity contribution in [1.29, 1.82) is 0 Å². The third kappa shape index (κ3) is 9.15. The van der Waals surface area contributed by atoms with Crippen molar-refractivity contribution in [1.82, 2.24) is 15.2 Å². The Bertz CT molecular complexity index is 970. The van der Waals surface area contributed by atoms with Crippen LogP contribution in [0.5, 0.6) is 0 Å². The second-order valence-electron chi connectivity index (χ2n) is 10.5. The highest BCUT2D eigenvalue weighted by Crippen LogP contribution is 2.39. The van der Waals surface area contributed by atoms with E-state index in [4.69, 9.17) is 10.1 Å². The first-order chi connectivity index (χ1) is 17.9. The van der Waals surface area contributed by atoms with Gasteiger partial charge >= 0.3 is 5.97 Å². The lowest BCUT2D eigenvalue weighted by Gasteiger charge is -2.30. The van der Waals surface area contributed by atoms with Crippen LogP contribution in [-0.4, -0.2) is 59.6 Å². The van der Waals surface area contributed by atoms with Crippen molar-refractivity contribution in [3.63, 3.8) is 0 Å². The third-order valence-corrected chi connectivity index (χ3v) is 7.41. The van der Waals surface area contributed by atoms with E-state index in [0.29, 0.717) is 12.3 Å². The number of aliphatic carboxylic acids is 1. The molecule has 0 spiro atoms. The lowest BCUT2D eigenvalue weighted by Crippen LogP contribution is -2.35. The zero-order valence-corrected chi connectivity index (χ0v) is 22.4. The fraction of sp³-hybridized carbons (Fsp3) is 0.567. The Kier molecular flexibility index (Phi) is 11.4. The molecule has 0 bridgehead atoms. The summed E-state index contributed by atoms with van der Waals surface area (Å²) >= 11 is 0. The van der Waals surface area contributed by atoms with Crippen LogP contribution in [0.3, 0.4) is 0 Å². The Labute approximate surface area is 222 Å². The predicted molar refractivity (Wildman–Crippen MR) is 150 cm³/mol. The van der Waals surface area contributed by atoms with Gasteiger partial charge in [-0.3, -0.25) is 9.59 Å². The fourth-order valence-electron chi connectivity index (χ4n) is 5.37. The summed E-state index contributed by atoms with van der Waals surface area (Å²) in [5, 5.41) is 14.8. The lowest BCUT2D eigenvalue weighted by atomic mass is 9.95. The second kappa shape index (κ2) is 14.7. The summed E-state index contributed by atoms with van der Waals surface area (Å²) in [6.45, 7) is 14.7. The van der Waals surface area contributed by atoms with Crippen molar-refractivity contribution < 1.29 is 14.7 Å². The summed E-state index contributed by atoms with van der Waals surface area (Å²) < 4.78 is 0. The second-order valence-corrected chi connectivity index (χ2v) is 10.5. The number of aromatic nitrogens is 1. The molecule has 3 aliphatic rings. The Balaban J connectivity index is 0.000000209. The molecule has 2 aliphatic heterocycles. The van der Waals surface area contributed by atoms with E-state index in [1.807, 2.05) is 0 Å². The van der Waals surface area contributed by atoms with Gasteiger partial charge in [-0.25, -0.2) is 4.98 Å². The largest absolute Gasteiger partial charge is 0.481 e. The molecule has 2 atom stereocenters. The highest BCUT2D eigenvalue weighted by atomic mass is 16.4. The standard InChI is InChI=1S/C17H27N3.C13H17NO3/c1-14-5-3-11-20(13-14)12-4-7-16-9-8-15-6-2-10-18-17(15)19-16;1-3-10(9-5-6-9)11(4-2)12(14-8-15)7-13(16)17/h8-9,14H,2-7,10-13H2,1H3,(H,18,19);3-4,8-9,12H,1-2,5-7H2,(H,14,15)(H,16,17)/b;11-10-. The van der Waals surface area contributed by atoms with Crippen molar-refractivity contribution in [2.75, 3.05) is 31.5 Å². The van der Waals surface area contributed by atoms with Crippen LogP contribution in [0.25, 0.3) is 0 Å². The minimum atomic E-state index is -0.956. The number of hydrogen-bond donors (Lipinski definition) is 3. The molecule has 202 valence electrons. The number of carboxylic acids is 1. The molecule has 1 saturated carbocycles. The van der Waals surface area contributed by atoms with E-state index in [-0.39, 0.29) is 6.42 Å². The van der Waals surface area contributed by atoms with Gasteiger partial charge in [-0.05, 0) is 99.1 Å². The monoisotopic (exact) mass is 508 g/mol. The molecule has 7 heteroatoms. The molecule has 1 saturated heterocycles. The number of fused-ring (bicyclic) bond motifs is 1.